The van der Waals surface area contributed by atoms with Crippen LogP contribution in [0.5, 0.6) is 5.75 Å². The number of hydrogen-bond acceptors (Lipinski definition) is 5. The van der Waals surface area contributed by atoms with E-state index in [4.69, 9.17) is 4.74 Å². The molecule has 1 N–H and O–H groups in total. The minimum absolute atomic E-state index is 0.125. The van der Waals surface area contributed by atoms with E-state index in [9.17, 15) is 13.2 Å². The maximum absolute atomic E-state index is 13.5. The van der Waals surface area contributed by atoms with Gasteiger partial charge in [0, 0.05) is 45.3 Å². The highest BCUT2D eigenvalue weighted by atomic mass is 127. The topological polar surface area (TPSA) is 85.4 Å². The number of aromatic nitrogens is 1. The summed E-state index contributed by atoms with van der Waals surface area (Å²) in [6, 6.07) is 17.6. The second kappa shape index (κ2) is 10.1. The van der Waals surface area contributed by atoms with Crippen LogP contribution in [0.3, 0.4) is 0 Å². The summed E-state index contributed by atoms with van der Waals surface area (Å²) in [5.41, 5.74) is 3.84. The Labute approximate surface area is 217 Å². The lowest BCUT2D eigenvalue weighted by Crippen LogP contribution is -2.16. The summed E-state index contributed by atoms with van der Waals surface area (Å²) in [6.07, 6.45) is 1.58. The van der Waals surface area contributed by atoms with E-state index in [-0.39, 0.29) is 8.69 Å². The average Bonchev–Trinajstić information content (AvgIpc) is 2.83. The number of aryl methyl sites for hydroxylation is 2. The van der Waals surface area contributed by atoms with Gasteiger partial charge in [0.1, 0.15) is 10.6 Å². The number of nitrogens with zero attached hydrogens (tertiary/aromatic N) is 1. The Hall–Kier alpha value is -3.42. The van der Waals surface area contributed by atoms with Crippen molar-refractivity contribution in [3.63, 3.8) is 0 Å². The largest absolute Gasteiger partial charge is 0.496 e. The minimum atomic E-state index is -3.95. The Bertz CT molecular complexity index is 1640. The predicted molar refractivity (Wildman–Crippen MR) is 146 cm³/mol. The second-order valence-electron chi connectivity index (χ2n) is 7.83. The van der Waals surface area contributed by atoms with Gasteiger partial charge in [-0.3, -0.25) is 14.5 Å². The third-order valence-electron chi connectivity index (χ3n) is 5.46. The number of nitrogens with one attached hydrogen (secondary N) is 1. The predicted octanol–water partition coefficient (Wildman–Crippen LogP) is 5.64. The van der Waals surface area contributed by atoms with E-state index in [1.807, 2.05) is 19.1 Å². The summed E-state index contributed by atoms with van der Waals surface area (Å²) in [7, 11) is -2.45. The number of para-hydroxylation sites is 1. The molecule has 0 amide bonds. The molecule has 1 aromatic heterocycles. The van der Waals surface area contributed by atoms with Crippen molar-refractivity contribution in [2.24, 2.45) is 0 Å². The number of sulfonamides is 1. The molecule has 0 aliphatic carbocycles. The number of ether oxygens (including phenoxy) is 1. The van der Waals surface area contributed by atoms with E-state index in [1.54, 1.807) is 84.2 Å². The number of pyridine rings is 1. The van der Waals surface area contributed by atoms with Crippen LogP contribution >= 0.6 is 22.6 Å². The molecule has 3 aromatic carbocycles. The van der Waals surface area contributed by atoms with Gasteiger partial charge in [-0.05, 0) is 55.3 Å². The molecule has 0 unspecified atom stereocenters. The van der Waals surface area contributed by atoms with Gasteiger partial charge in [-0.25, -0.2) is 8.42 Å². The van der Waals surface area contributed by atoms with Gasteiger partial charge in [-0.1, -0.05) is 42.2 Å². The van der Waals surface area contributed by atoms with E-state index in [2.05, 4.69) is 21.5 Å². The number of benzene rings is 3. The van der Waals surface area contributed by atoms with Crippen LogP contribution in [0, 0.1) is 25.7 Å². The van der Waals surface area contributed by atoms with Crippen molar-refractivity contribution in [2.75, 3.05) is 11.8 Å². The summed E-state index contributed by atoms with van der Waals surface area (Å²) in [4.78, 5) is 16.3. The van der Waals surface area contributed by atoms with Crippen molar-refractivity contribution >= 4 is 53.0 Å². The first-order valence-corrected chi connectivity index (χ1v) is 13.1. The molecule has 4 rings (SSSR count). The molecule has 6 nitrogen and oxygen atoms in total. The smallest absolute Gasteiger partial charge is 0.264 e. The van der Waals surface area contributed by atoms with Gasteiger partial charge >= 0.3 is 0 Å². The van der Waals surface area contributed by atoms with Gasteiger partial charge in [-0.15, -0.1) is 0 Å². The molecule has 176 valence electrons. The van der Waals surface area contributed by atoms with Gasteiger partial charge in [0.2, 0.25) is 3.79 Å². The molecular weight excluding hydrogens is 575 g/mol. The Kier molecular flexibility index (Phi) is 7.10. The molecule has 0 spiro atoms. The summed E-state index contributed by atoms with van der Waals surface area (Å²) in [5, 5.41) is 0.740. The van der Waals surface area contributed by atoms with Gasteiger partial charge < -0.3 is 4.74 Å². The number of hydrogen-bond donors (Lipinski definition) is 1. The van der Waals surface area contributed by atoms with Crippen molar-refractivity contribution in [2.45, 2.75) is 18.7 Å². The first kappa shape index (κ1) is 24.7. The average molecular weight is 596 g/mol. The van der Waals surface area contributed by atoms with Gasteiger partial charge in [0.05, 0.1) is 23.9 Å². The molecule has 0 saturated heterocycles. The highest BCUT2D eigenvalue weighted by molar-refractivity contribution is 14.1. The molecule has 0 bridgehead atoms. The van der Waals surface area contributed by atoms with Gasteiger partial charge in [0.25, 0.3) is 10.0 Å². The highest BCUT2D eigenvalue weighted by Crippen LogP contribution is 2.28. The zero-order chi connectivity index (χ0) is 25.2. The standard InChI is InChI=1S/C27H21IN2O4S/c1-17-10-11-20-8-6-14-29-25(20)26(17)35(32,33)30-23-9-5-4-7-19(23)12-13-21-16-24(34-3)22(27(28)31)15-18(21)2/h4-11,14-16,30H,1-3H3. The monoisotopic (exact) mass is 596 g/mol. The Morgan fingerprint density at radius 3 is 2.46 bits per heavy atom. The summed E-state index contributed by atoms with van der Waals surface area (Å²) in [6.45, 7) is 3.60. The van der Waals surface area contributed by atoms with E-state index in [0.717, 1.165) is 10.9 Å². The SMILES string of the molecule is COc1cc(C#Cc2ccccc2NS(=O)(=O)c2c(C)ccc3cccnc23)c(C)cc1C(=O)I. The zero-order valence-corrected chi connectivity index (χ0v) is 22.2. The number of anilines is 1. The lowest BCUT2D eigenvalue weighted by Gasteiger charge is -2.13. The minimum Gasteiger partial charge on any atom is -0.496 e. The maximum atomic E-state index is 13.5. The summed E-state index contributed by atoms with van der Waals surface area (Å²) >= 11 is 1.72. The second-order valence-corrected chi connectivity index (χ2v) is 10.4. The summed E-state index contributed by atoms with van der Waals surface area (Å²) < 4.78 is 34.8. The zero-order valence-electron chi connectivity index (χ0n) is 19.2. The first-order valence-electron chi connectivity index (χ1n) is 10.6. The molecular formula is C27H21IN2O4S. The number of methoxy groups -OCH3 is 1. The highest BCUT2D eigenvalue weighted by Gasteiger charge is 2.22. The van der Waals surface area contributed by atoms with Crippen molar-refractivity contribution in [1.82, 2.24) is 4.98 Å². The van der Waals surface area contributed by atoms with Crippen molar-refractivity contribution in [3.05, 3.63) is 94.7 Å². The van der Waals surface area contributed by atoms with E-state index in [1.165, 1.54) is 7.11 Å². The molecule has 8 heteroatoms. The lowest BCUT2D eigenvalue weighted by molar-refractivity contribution is 0.110. The third kappa shape index (κ3) is 5.16. The molecule has 1 heterocycles. The van der Waals surface area contributed by atoms with E-state index >= 15 is 0 Å². The van der Waals surface area contributed by atoms with E-state index in [0.29, 0.717) is 39.2 Å². The van der Waals surface area contributed by atoms with Crippen LogP contribution in [0.4, 0.5) is 5.69 Å². The number of carbonyl (C=O) groups excluding carboxylic acids is 1. The van der Waals surface area contributed by atoms with Crippen LogP contribution in [0.25, 0.3) is 10.9 Å². The molecule has 4 aromatic rings. The van der Waals surface area contributed by atoms with Crippen molar-refractivity contribution in [3.8, 4) is 17.6 Å². The fourth-order valence-electron chi connectivity index (χ4n) is 3.72. The Morgan fingerprint density at radius 1 is 0.971 bits per heavy atom. The molecule has 0 aliphatic heterocycles. The molecule has 35 heavy (non-hydrogen) atoms. The Morgan fingerprint density at radius 2 is 1.71 bits per heavy atom. The van der Waals surface area contributed by atoms with Crippen LogP contribution in [0.15, 0.2) is 71.8 Å². The number of fused-ring (bicyclic) bond motifs is 1. The summed E-state index contributed by atoms with van der Waals surface area (Å²) in [5.74, 6) is 6.58. The first-order chi connectivity index (χ1) is 16.7. The number of carbonyl (C=O) groups is 1. The quantitative estimate of drug-likeness (QED) is 0.183. The Balaban J connectivity index is 1.75. The number of rotatable bonds is 5. The van der Waals surface area contributed by atoms with Crippen LogP contribution in [-0.2, 0) is 10.0 Å². The van der Waals surface area contributed by atoms with Crippen LogP contribution < -0.4 is 9.46 Å². The fraction of sp³-hybridized carbons (Fsp3) is 0.111. The molecule has 0 radical (unpaired) electrons. The van der Waals surface area contributed by atoms with Crippen LogP contribution in [-0.4, -0.2) is 24.3 Å². The maximum Gasteiger partial charge on any atom is 0.264 e. The van der Waals surface area contributed by atoms with E-state index < -0.39 is 10.0 Å². The van der Waals surface area contributed by atoms with Gasteiger partial charge in [-0.2, -0.15) is 0 Å². The fourth-order valence-corrected chi connectivity index (χ4v) is 5.62. The molecule has 0 fully saturated rings. The lowest BCUT2D eigenvalue weighted by atomic mass is 10.0. The molecule has 0 saturated carbocycles. The van der Waals surface area contributed by atoms with Crippen LogP contribution in [0.2, 0.25) is 0 Å². The normalized spacial score (nSPS) is 11.0. The van der Waals surface area contributed by atoms with Crippen LogP contribution in [0.1, 0.15) is 32.6 Å². The van der Waals surface area contributed by atoms with Crippen molar-refractivity contribution in [1.29, 1.82) is 0 Å². The third-order valence-corrected chi connectivity index (χ3v) is 7.58. The molecule has 0 aliphatic rings. The molecule has 0 atom stereocenters. The van der Waals surface area contributed by atoms with Gasteiger partial charge in [0.15, 0.2) is 0 Å². The number of halogens is 1. The van der Waals surface area contributed by atoms with Crippen molar-refractivity contribution < 1.29 is 17.9 Å².